The molecule has 1 saturated heterocycles. The van der Waals surface area contributed by atoms with Gasteiger partial charge in [-0.2, -0.15) is 0 Å². The zero-order valence-corrected chi connectivity index (χ0v) is 14.9. The van der Waals surface area contributed by atoms with Crippen LogP contribution in [0.1, 0.15) is 36.7 Å². The minimum Gasteiger partial charge on any atom is -0.465 e. The van der Waals surface area contributed by atoms with Gasteiger partial charge in [0, 0.05) is 32.7 Å². The Morgan fingerprint density at radius 2 is 1.62 bits per heavy atom. The lowest BCUT2D eigenvalue weighted by atomic mass is 10.1. The van der Waals surface area contributed by atoms with Crippen molar-refractivity contribution in [3.63, 3.8) is 0 Å². The first-order valence-corrected chi connectivity index (χ1v) is 8.16. The standard InChI is InChI=1S/C18H26N2O4/c1-18(2,3)24-17(22)20-11-9-19(10-12-20)13-14-5-7-15(8-6-14)16(21)23-4/h5-8H,9-13H2,1-4H3. The Morgan fingerprint density at radius 3 is 2.12 bits per heavy atom. The summed E-state index contributed by atoms with van der Waals surface area (Å²) < 4.78 is 10.1. The second-order valence-corrected chi connectivity index (χ2v) is 6.93. The zero-order chi connectivity index (χ0) is 17.7. The average Bonchev–Trinajstić information content (AvgIpc) is 2.54. The van der Waals surface area contributed by atoms with E-state index in [4.69, 9.17) is 9.47 Å². The summed E-state index contributed by atoms with van der Waals surface area (Å²) in [5.74, 6) is -0.326. The molecule has 0 atom stereocenters. The highest BCUT2D eigenvalue weighted by Crippen LogP contribution is 2.14. The Bertz CT molecular complexity index is 570. The van der Waals surface area contributed by atoms with Gasteiger partial charge in [0.25, 0.3) is 0 Å². The molecule has 1 aliphatic rings. The molecule has 2 rings (SSSR count). The van der Waals surface area contributed by atoms with Crippen LogP contribution in [0.25, 0.3) is 0 Å². The van der Waals surface area contributed by atoms with Crippen LogP contribution in [0.3, 0.4) is 0 Å². The van der Waals surface area contributed by atoms with Gasteiger partial charge in [-0.3, -0.25) is 4.90 Å². The fourth-order valence-corrected chi connectivity index (χ4v) is 2.54. The molecule has 24 heavy (non-hydrogen) atoms. The van der Waals surface area contributed by atoms with Crippen molar-refractivity contribution in [3.05, 3.63) is 35.4 Å². The molecule has 6 heteroatoms. The molecule has 0 bridgehead atoms. The summed E-state index contributed by atoms with van der Waals surface area (Å²) in [5, 5.41) is 0. The maximum absolute atomic E-state index is 12.0. The SMILES string of the molecule is COC(=O)c1ccc(CN2CCN(C(=O)OC(C)(C)C)CC2)cc1. The van der Waals surface area contributed by atoms with E-state index in [1.807, 2.05) is 32.9 Å². The number of methoxy groups -OCH3 is 1. The molecular weight excluding hydrogens is 308 g/mol. The van der Waals surface area contributed by atoms with Crippen LogP contribution in [0, 0.1) is 0 Å². The smallest absolute Gasteiger partial charge is 0.410 e. The molecule has 0 N–H and O–H groups in total. The Hall–Kier alpha value is -2.08. The van der Waals surface area contributed by atoms with E-state index in [2.05, 4.69) is 4.90 Å². The number of esters is 1. The van der Waals surface area contributed by atoms with Crippen molar-refractivity contribution in [1.82, 2.24) is 9.80 Å². The number of carbonyl (C=O) groups excluding carboxylic acids is 2. The lowest BCUT2D eigenvalue weighted by Gasteiger charge is -2.35. The minimum absolute atomic E-state index is 0.246. The summed E-state index contributed by atoms with van der Waals surface area (Å²) in [5.41, 5.74) is 1.22. The molecule has 1 amide bonds. The van der Waals surface area contributed by atoms with Gasteiger partial charge in [0.1, 0.15) is 5.60 Å². The molecule has 6 nitrogen and oxygen atoms in total. The molecule has 0 unspecified atom stereocenters. The quantitative estimate of drug-likeness (QED) is 0.795. The number of piperazine rings is 1. The van der Waals surface area contributed by atoms with Gasteiger partial charge in [-0.15, -0.1) is 0 Å². The molecule has 0 radical (unpaired) electrons. The predicted octanol–water partition coefficient (Wildman–Crippen LogP) is 2.53. The fraction of sp³-hybridized carbons (Fsp3) is 0.556. The van der Waals surface area contributed by atoms with E-state index in [1.165, 1.54) is 7.11 Å². The number of hydrogen-bond acceptors (Lipinski definition) is 5. The summed E-state index contributed by atoms with van der Waals surface area (Å²) in [6.07, 6.45) is -0.246. The Balaban J connectivity index is 1.82. The minimum atomic E-state index is -0.463. The molecular formula is C18H26N2O4. The van der Waals surface area contributed by atoms with Crippen LogP contribution in [0.4, 0.5) is 4.79 Å². The molecule has 0 aromatic heterocycles. The normalized spacial score (nSPS) is 15.9. The van der Waals surface area contributed by atoms with Gasteiger partial charge in [0.2, 0.25) is 0 Å². The number of nitrogens with zero attached hydrogens (tertiary/aromatic N) is 2. The highest BCUT2D eigenvalue weighted by molar-refractivity contribution is 5.89. The van der Waals surface area contributed by atoms with Crippen molar-refractivity contribution in [2.75, 3.05) is 33.3 Å². The highest BCUT2D eigenvalue weighted by atomic mass is 16.6. The number of rotatable bonds is 3. The third kappa shape index (κ3) is 5.23. The van der Waals surface area contributed by atoms with Crippen molar-refractivity contribution in [2.45, 2.75) is 32.9 Å². The van der Waals surface area contributed by atoms with Gasteiger partial charge < -0.3 is 14.4 Å². The molecule has 0 aliphatic carbocycles. The molecule has 1 aromatic carbocycles. The van der Waals surface area contributed by atoms with Crippen LogP contribution < -0.4 is 0 Å². The molecule has 132 valence electrons. The first kappa shape index (κ1) is 18.3. The maximum Gasteiger partial charge on any atom is 0.410 e. The van der Waals surface area contributed by atoms with Gasteiger partial charge in [0.05, 0.1) is 12.7 Å². The fourth-order valence-electron chi connectivity index (χ4n) is 2.54. The number of benzene rings is 1. The van der Waals surface area contributed by atoms with E-state index in [-0.39, 0.29) is 12.1 Å². The zero-order valence-electron chi connectivity index (χ0n) is 14.9. The van der Waals surface area contributed by atoms with Crippen molar-refractivity contribution in [3.8, 4) is 0 Å². The second kappa shape index (κ2) is 7.66. The van der Waals surface area contributed by atoms with E-state index in [1.54, 1.807) is 17.0 Å². The monoisotopic (exact) mass is 334 g/mol. The molecule has 1 aliphatic heterocycles. The van der Waals surface area contributed by atoms with Gasteiger partial charge in [-0.25, -0.2) is 9.59 Å². The Labute approximate surface area is 143 Å². The van der Waals surface area contributed by atoms with Gasteiger partial charge >= 0.3 is 12.1 Å². The number of hydrogen-bond donors (Lipinski definition) is 0. The van der Waals surface area contributed by atoms with E-state index in [9.17, 15) is 9.59 Å². The summed E-state index contributed by atoms with van der Waals surface area (Å²) in [7, 11) is 1.38. The Kier molecular flexibility index (Phi) is 5.83. The number of ether oxygens (including phenoxy) is 2. The van der Waals surface area contributed by atoms with Crippen LogP contribution in [0.15, 0.2) is 24.3 Å². The first-order valence-electron chi connectivity index (χ1n) is 8.16. The average molecular weight is 334 g/mol. The molecule has 1 aromatic rings. The lowest BCUT2D eigenvalue weighted by molar-refractivity contribution is 0.0139. The van der Waals surface area contributed by atoms with E-state index in [0.29, 0.717) is 18.7 Å². The topological polar surface area (TPSA) is 59.1 Å². The van der Waals surface area contributed by atoms with Crippen LogP contribution >= 0.6 is 0 Å². The van der Waals surface area contributed by atoms with Crippen LogP contribution in [0.5, 0.6) is 0 Å². The molecule has 1 fully saturated rings. The third-order valence-corrected chi connectivity index (χ3v) is 3.81. The van der Waals surface area contributed by atoms with Crippen molar-refractivity contribution < 1.29 is 19.1 Å². The molecule has 0 spiro atoms. The maximum atomic E-state index is 12.0. The highest BCUT2D eigenvalue weighted by Gasteiger charge is 2.25. The summed E-state index contributed by atoms with van der Waals surface area (Å²) >= 11 is 0. The van der Waals surface area contributed by atoms with Crippen LogP contribution in [-0.2, 0) is 16.0 Å². The van der Waals surface area contributed by atoms with Crippen LogP contribution in [0.2, 0.25) is 0 Å². The number of amides is 1. The van der Waals surface area contributed by atoms with Crippen molar-refractivity contribution in [2.24, 2.45) is 0 Å². The largest absolute Gasteiger partial charge is 0.465 e. The van der Waals surface area contributed by atoms with Gasteiger partial charge in [0.15, 0.2) is 0 Å². The van der Waals surface area contributed by atoms with Crippen LogP contribution in [-0.4, -0.2) is 60.8 Å². The van der Waals surface area contributed by atoms with Crippen molar-refractivity contribution >= 4 is 12.1 Å². The van der Waals surface area contributed by atoms with E-state index < -0.39 is 5.60 Å². The molecule has 1 heterocycles. The lowest BCUT2D eigenvalue weighted by Crippen LogP contribution is -2.49. The van der Waals surface area contributed by atoms with Gasteiger partial charge in [-0.1, -0.05) is 12.1 Å². The second-order valence-electron chi connectivity index (χ2n) is 6.93. The third-order valence-electron chi connectivity index (χ3n) is 3.81. The van der Waals surface area contributed by atoms with E-state index in [0.717, 1.165) is 25.2 Å². The summed E-state index contributed by atoms with van der Waals surface area (Å²) in [6, 6.07) is 7.43. The van der Waals surface area contributed by atoms with Gasteiger partial charge in [-0.05, 0) is 38.5 Å². The summed E-state index contributed by atoms with van der Waals surface area (Å²) in [6.45, 7) is 9.35. The predicted molar refractivity (Wildman–Crippen MR) is 90.9 cm³/mol. The molecule has 0 saturated carbocycles. The van der Waals surface area contributed by atoms with Crippen molar-refractivity contribution in [1.29, 1.82) is 0 Å². The first-order chi connectivity index (χ1) is 11.3. The summed E-state index contributed by atoms with van der Waals surface area (Å²) in [4.78, 5) is 27.5. The number of carbonyl (C=O) groups is 2. The Morgan fingerprint density at radius 1 is 1.04 bits per heavy atom. The van der Waals surface area contributed by atoms with E-state index >= 15 is 0 Å².